The Morgan fingerprint density at radius 3 is 2.83 bits per heavy atom. The summed E-state index contributed by atoms with van der Waals surface area (Å²) in [5.74, 6) is 0.378. The van der Waals surface area contributed by atoms with Crippen LogP contribution in [0, 0.1) is 0 Å². The molecular weight excluding hydrogens is 232 g/mol. The molecule has 0 unspecified atom stereocenters. The number of nitrogens with one attached hydrogen (secondary N) is 1. The Labute approximate surface area is 106 Å². The molecule has 1 aromatic rings. The van der Waals surface area contributed by atoms with Gasteiger partial charge in [0.1, 0.15) is 11.4 Å². The summed E-state index contributed by atoms with van der Waals surface area (Å²) >= 11 is 0. The van der Waals surface area contributed by atoms with Gasteiger partial charge >= 0.3 is 0 Å². The van der Waals surface area contributed by atoms with Crippen molar-refractivity contribution < 1.29 is 14.3 Å². The summed E-state index contributed by atoms with van der Waals surface area (Å²) in [5, 5.41) is 2.93. The number of carbonyl (C=O) groups excluding carboxylic acids is 2. The Bertz CT molecular complexity index is 411. The second-order valence-corrected chi connectivity index (χ2v) is 4.37. The summed E-state index contributed by atoms with van der Waals surface area (Å²) in [6.45, 7) is -0.0153. The second-order valence-electron chi connectivity index (χ2n) is 4.37. The molecule has 1 aliphatic carbocycles. The molecular formula is C13H16N2O3. The lowest BCUT2D eigenvalue weighted by Crippen LogP contribution is -2.36. The summed E-state index contributed by atoms with van der Waals surface area (Å²) in [6, 6.07) is 3.48. The Morgan fingerprint density at radius 2 is 2.22 bits per heavy atom. The van der Waals surface area contributed by atoms with E-state index >= 15 is 0 Å². The molecule has 0 aliphatic heterocycles. The van der Waals surface area contributed by atoms with E-state index in [0.29, 0.717) is 23.8 Å². The monoisotopic (exact) mass is 248 g/mol. The normalized spacial score (nSPS) is 15.3. The summed E-state index contributed by atoms with van der Waals surface area (Å²) in [7, 11) is 0. The van der Waals surface area contributed by atoms with Gasteiger partial charge in [-0.15, -0.1) is 0 Å². The first-order valence-electron chi connectivity index (χ1n) is 6.11. The van der Waals surface area contributed by atoms with Gasteiger partial charge in [-0.25, -0.2) is 4.98 Å². The molecule has 5 nitrogen and oxygen atoms in total. The molecule has 1 saturated carbocycles. The largest absolute Gasteiger partial charge is 0.482 e. The van der Waals surface area contributed by atoms with Gasteiger partial charge in [-0.1, -0.05) is 12.8 Å². The van der Waals surface area contributed by atoms with E-state index in [2.05, 4.69) is 10.3 Å². The molecule has 1 amide bonds. The molecule has 1 aliphatic rings. The quantitative estimate of drug-likeness (QED) is 0.798. The van der Waals surface area contributed by atoms with Crippen molar-refractivity contribution in [2.75, 3.05) is 6.61 Å². The maximum Gasteiger partial charge on any atom is 0.258 e. The third-order valence-corrected chi connectivity index (χ3v) is 2.97. The van der Waals surface area contributed by atoms with Crippen LogP contribution in [-0.2, 0) is 4.79 Å². The fraction of sp³-hybridized carbons (Fsp3) is 0.462. The predicted octanol–water partition coefficient (Wildman–Crippen LogP) is 1.33. The number of hydrogen-bond acceptors (Lipinski definition) is 4. The van der Waals surface area contributed by atoms with E-state index in [1.165, 1.54) is 19.0 Å². The van der Waals surface area contributed by atoms with Crippen molar-refractivity contribution in [1.82, 2.24) is 10.3 Å². The fourth-order valence-corrected chi connectivity index (χ4v) is 2.04. The maximum absolute atomic E-state index is 11.6. The van der Waals surface area contributed by atoms with Gasteiger partial charge in [0.05, 0.1) is 6.20 Å². The SMILES string of the molecule is O=Cc1ccc(OCC(=O)NC2CCCC2)cn1. The van der Waals surface area contributed by atoms with Crippen molar-refractivity contribution in [3.63, 3.8) is 0 Å². The van der Waals surface area contributed by atoms with Crippen LogP contribution in [-0.4, -0.2) is 29.8 Å². The Morgan fingerprint density at radius 1 is 1.44 bits per heavy atom. The van der Waals surface area contributed by atoms with Gasteiger partial charge in [0.25, 0.3) is 5.91 Å². The summed E-state index contributed by atoms with van der Waals surface area (Å²) < 4.78 is 5.29. The molecule has 0 saturated heterocycles. The number of aldehydes is 1. The molecule has 1 fully saturated rings. The average molecular weight is 248 g/mol. The minimum absolute atomic E-state index is 0.0153. The fourth-order valence-electron chi connectivity index (χ4n) is 2.04. The number of ether oxygens (including phenoxy) is 1. The Balaban J connectivity index is 1.75. The molecule has 0 radical (unpaired) electrons. The van der Waals surface area contributed by atoms with Crippen molar-refractivity contribution >= 4 is 12.2 Å². The van der Waals surface area contributed by atoms with Crippen LogP contribution in [0.1, 0.15) is 36.2 Å². The molecule has 0 aromatic carbocycles. The molecule has 2 rings (SSSR count). The standard InChI is InChI=1S/C13H16N2O3/c16-8-11-5-6-12(7-14-11)18-9-13(17)15-10-3-1-2-4-10/h5-8,10H,1-4,9H2,(H,15,17). The van der Waals surface area contributed by atoms with Crippen molar-refractivity contribution in [2.24, 2.45) is 0 Å². The third-order valence-electron chi connectivity index (χ3n) is 2.97. The summed E-state index contributed by atoms with van der Waals surface area (Å²) in [4.78, 5) is 25.8. The number of amides is 1. The topological polar surface area (TPSA) is 68.3 Å². The van der Waals surface area contributed by atoms with Gasteiger partial charge in [0.2, 0.25) is 0 Å². The van der Waals surface area contributed by atoms with Gasteiger partial charge in [0, 0.05) is 6.04 Å². The predicted molar refractivity (Wildman–Crippen MR) is 65.5 cm³/mol. The molecule has 0 bridgehead atoms. The molecule has 96 valence electrons. The zero-order chi connectivity index (χ0) is 12.8. The van der Waals surface area contributed by atoms with Crippen LogP contribution in [0.4, 0.5) is 0 Å². The Kier molecular flexibility index (Phi) is 4.28. The first-order valence-corrected chi connectivity index (χ1v) is 6.11. The molecule has 1 aromatic heterocycles. The lowest BCUT2D eigenvalue weighted by molar-refractivity contribution is -0.123. The first kappa shape index (κ1) is 12.5. The van der Waals surface area contributed by atoms with Crippen LogP contribution >= 0.6 is 0 Å². The van der Waals surface area contributed by atoms with E-state index in [1.807, 2.05) is 0 Å². The molecule has 18 heavy (non-hydrogen) atoms. The zero-order valence-corrected chi connectivity index (χ0v) is 10.1. The third kappa shape index (κ3) is 3.55. The van der Waals surface area contributed by atoms with E-state index in [-0.39, 0.29) is 12.5 Å². The van der Waals surface area contributed by atoms with Crippen molar-refractivity contribution in [3.05, 3.63) is 24.0 Å². The van der Waals surface area contributed by atoms with Crippen molar-refractivity contribution in [1.29, 1.82) is 0 Å². The number of nitrogens with zero attached hydrogens (tertiary/aromatic N) is 1. The van der Waals surface area contributed by atoms with Crippen LogP contribution in [0.5, 0.6) is 5.75 Å². The van der Waals surface area contributed by atoms with E-state index in [9.17, 15) is 9.59 Å². The summed E-state index contributed by atoms with van der Waals surface area (Å²) in [5.41, 5.74) is 0.345. The van der Waals surface area contributed by atoms with Gasteiger partial charge < -0.3 is 10.1 Å². The minimum Gasteiger partial charge on any atom is -0.482 e. The van der Waals surface area contributed by atoms with Crippen LogP contribution in [0.15, 0.2) is 18.3 Å². The molecule has 0 spiro atoms. The molecule has 5 heteroatoms. The number of rotatable bonds is 5. The highest BCUT2D eigenvalue weighted by Crippen LogP contribution is 2.17. The molecule has 1 heterocycles. The van der Waals surface area contributed by atoms with Crippen LogP contribution in [0.3, 0.4) is 0 Å². The minimum atomic E-state index is -0.110. The van der Waals surface area contributed by atoms with Gasteiger partial charge in [-0.05, 0) is 25.0 Å². The highest BCUT2D eigenvalue weighted by atomic mass is 16.5. The number of pyridine rings is 1. The smallest absolute Gasteiger partial charge is 0.258 e. The maximum atomic E-state index is 11.6. The van der Waals surface area contributed by atoms with E-state index in [4.69, 9.17) is 4.74 Å². The van der Waals surface area contributed by atoms with Crippen LogP contribution < -0.4 is 10.1 Å². The lowest BCUT2D eigenvalue weighted by Gasteiger charge is -2.12. The first-order chi connectivity index (χ1) is 8.78. The van der Waals surface area contributed by atoms with Crippen LogP contribution in [0.25, 0.3) is 0 Å². The van der Waals surface area contributed by atoms with Gasteiger partial charge in [-0.3, -0.25) is 9.59 Å². The number of hydrogen-bond donors (Lipinski definition) is 1. The lowest BCUT2D eigenvalue weighted by atomic mass is 10.2. The Hall–Kier alpha value is -1.91. The zero-order valence-electron chi connectivity index (χ0n) is 10.1. The summed E-state index contributed by atoms with van der Waals surface area (Å²) in [6.07, 6.45) is 6.58. The van der Waals surface area contributed by atoms with Gasteiger partial charge in [-0.2, -0.15) is 0 Å². The second kappa shape index (κ2) is 6.14. The van der Waals surface area contributed by atoms with E-state index < -0.39 is 0 Å². The molecule has 0 atom stereocenters. The van der Waals surface area contributed by atoms with E-state index in [0.717, 1.165) is 12.8 Å². The highest BCUT2D eigenvalue weighted by Gasteiger charge is 2.17. The van der Waals surface area contributed by atoms with E-state index in [1.54, 1.807) is 12.1 Å². The highest BCUT2D eigenvalue weighted by molar-refractivity contribution is 5.77. The number of carbonyl (C=O) groups is 2. The van der Waals surface area contributed by atoms with Crippen molar-refractivity contribution in [3.8, 4) is 5.75 Å². The van der Waals surface area contributed by atoms with Crippen LogP contribution in [0.2, 0.25) is 0 Å². The van der Waals surface area contributed by atoms with Crippen molar-refractivity contribution in [2.45, 2.75) is 31.7 Å². The van der Waals surface area contributed by atoms with Gasteiger partial charge in [0.15, 0.2) is 12.9 Å². The number of aromatic nitrogens is 1. The molecule has 1 N–H and O–H groups in total. The average Bonchev–Trinajstić information content (AvgIpc) is 2.90.